The third-order valence-corrected chi connectivity index (χ3v) is 1.75. The van der Waals surface area contributed by atoms with E-state index in [9.17, 15) is 4.79 Å². The second-order valence-corrected chi connectivity index (χ2v) is 2.74. The van der Waals surface area contributed by atoms with Crippen LogP contribution >= 0.6 is 0 Å². The van der Waals surface area contributed by atoms with Gasteiger partial charge in [0, 0.05) is 5.57 Å². The van der Waals surface area contributed by atoms with Crippen LogP contribution in [0.4, 0.5) is 0 Å². The van der Waals surface area contributed by atoms with Gasteiger partial charge in [0.2, 0.25) is 0 Å². The summed E-state index contributed by atoms with van der Waals surface area (Å²) >= 11 is 0. The van der Waals surface area contributed by atoms with Gasteiger partial charge < -0.3 is 0 Å². The predicted octanol–water partition coefficient (Wildman–Crippen LogP) is 2.85. The molecule has 0 fully saturated rings. The fourth-order valence-electron chi connectivity index (χ4n) is 1.15. The summed E-state index contributed by atoms with van der Waals surface area (Å²) in [5.41, 5.74) is 1.64. The van der Waals surface area contributed by atoms with Gasteiger partial charge in [-0.2, -0.15) is 0 Å². The molecule has 1 heteroatoms. The van der Waals surface area contributed by atoms with E-state index in [0.29, 0.717) is 5.57 Å². The fourth-order valence-corrected chi connectivity index (χ4v) is 1.15. The first-order valence-corrected chi connectivity index (χ1v) is 4.15. The van der Waals surface area contributed by atoms with Crippen LogP contribution in [0.5, 0.6) is 0 Å². The summed E-state index contributed by atoms with van der Waals surface area (Å²) in [5.74, 6) is 0.0612. The van der Waals surface area contributed by atoms with Gasteiger partial charge in [-0.05, 0) is 12.5 Å². The Morgan fingerprint density at radius 2 is 1.92 bits per heavy atom. The van der Waals surface area contributed by atoms with Crippen molar-refractivity contribution in [2.24, 2.45) is 0 Å². The highest BCUT2D eigenvalue weighted by atomic mass is 16.1. The first-order valence-electron chi connectivity index (χ1n) is 4.15. The lowest BCUT2D eigenvalue weighted by molar-refractivity contribution is -0.111. The minimum Gasteiger partial charge on any atom is -0.294 e. The molecule has 0 radical (unpaired) electrons. The monoisotopic (exact) mass is 172 g/mol. The Bertz CT molecular complexity index is 333. The van der Waals surface area contributed by atoms with Crippen LogP contribution in [0, 0.1) is 0 Å². The summed E-state index contributed by atoms with van der Waals surface area (Å²) in [6, 6.07) is 9.58. The summed E-state index contributed by atoms with van der Waals surface area (Å²) in [7, 11) is 0. The molecule has 0 atom stereocenters. The van der Waals surface area contributed by atoms with E-state index in [2.05, 4.69) is 6.58 Å². The molecule has 0 aliphatic carbocycles. The van der Waals surface area contributed by atoms with E-state index in [-0.39, 0.29) is 5.78 Å². The molecule has 0 bridgehead atoms. The van der Waals surface area contributed by atoms with Gasteiger partial charge >= 0.3 is 0 Å². The molecule has 13 heavy (non-hydrogen) atoms. The maximum atomic E-state index is 11.2. The summed E-state index contributed by atoms with van der Waals surface area (Å²) in [6.07, 6.45) is 3.36. The molecular formula is C12H12O. The molecule has 0 saturated carbocycles. The van der Waals surface area contributed by atoms with Gasteiger partial charge in [0.25, 0.3) is 0 Å². The molecule has 1 aromatic carbocycles. The zero-order chi connectivity index (χ0) is 9.68. The van der Waals surface area contributed by atoms with Crippen LogP contribution in [0.3, 0.4) is 0 Å². The summed E-state index contributed by atoms with van der Waals surface area (Å²) < 4.78 is 0. The van der Waals surface area contributed by atoms with Crippen molar-refractivity contribution in [1.82, 2.24) is 0 Å². The maximum absolute atomic E-state index is 11.2. The van der Waals surface area contributed by atoms with E-state index < -0.39 is 0 Å². The zero-order valence-electron chi connectivity index (χ0n) is 7.66. The Morgan fingerprint density at radius 3 is 2.38 bits per heavy atom. The van der Waals surface area contributed by atoms with Gasteiger partial charge in [-0.1, -0.05) is 49.1 Å². The molecular weight excluding hydrogens is 160 g/mol. The highest BCUT2D eigenvalue weighted by molar-refractivity contribution is 6.19. The number of hydrogen-bond donors (Lipinski definition) is 0. The van der Waals surface area contributed by atoms with Crippen LogP contribution in [-0.4, -0.2) is 5.78 Å². The molecule has 0 aliphatic rings. The van der Waals surface area contributed by atoms with Crippen LogP contribution in [0.2, 0.25) is 0 Å². The highest BCUT2D eigenvalue weighted by Gasteiger charge is 2.03. The minimum absolute atomic E-state index is 0.0612. The van der Waals surface area contributed by atoms with Crippen molar-refractivity contribution in [2.45, 2.75) is 6.92 Å². The van der Waals surface area contributed by atoms with Gasteiger partial charge in [-0.15, -0.1) is 0 Å². The lowest BCUT2D eigenvalue weighted by Gasteiger charge is -2.01. The molecule has 1 aromatic rings. The normalized spacial score (nSPS) is 11.0. The van der Waals surface area contributed by atoms with Gasteiger partial charge in [-0.3, -0.25) is 4.79 Å². The van der Waals surface area contributed by atoms with E-state index in [0.717, 1.165) is 5.56 Å². The quantitative estimate of drug-likeness (QED) is 0.506. The van der Waals surface area contributed by atoms with E-state index in [1.807, 2.05) is 30.3 Å². The van der Waals surface area contributed by atoms with E-state index in [4.69, 9.17) is 0 Å². The maximum Gasteiger partial charge on any atom is 0.160 e. The molecule has 0 amide bonds. The van der Waals surface area contributed by atoms with Crippen molar-refractivity contribution in [3.8, 4) is 0 Å². The largest absolute Gasteiger partial charge is 0.294 e. The van der Waals surface area contributed by atoms with Crippen molar-refractivity contribution in [1.29, 1.82) is 0 Å². The number of carbonyl (C=O) groups excluding carboxylic acids is 1. The fraction of sp³-hybridized carbons (Fsp3) is 0.0833. The van der Waals surface area contributed by atoms with Gasteiger partial charge in [0.15, 0.2) is 5.78 Å². The van der Waals surface area contributed by atoms with E-state index >= 15 is 0 Å². The third kappa shape index (κ3) is 2.41. The molecule has 0 aliphatic heterocycles. The standard InChI is InChI=1S/C12H12O/c1-3-7-12(10(2)13)11-8-5-4-6-9-11/h3-9H,1H2,2H3/b12-7+. The van der Waals surface area contributed by atoms with Crippen LogP contribution in [-0.2, 0) is 4.79 Å². The Labute approximate surface area is 78.4 Å². The molecule has 0 saturated heterocycles. The Kier molecular flexibility index (Phi) is 3.21. The van der Waals surface area contributed by atoms with E-state index in [1.165, 1.54) is 0 Å². The molecule has 0 heterocycles. The van der Waals surface area contributed by atoms with Crippen molar-refractivity contribution >= 4 is 11.4 Å². The lowest BCUT2D eigenvalue weighted by Crippen LogP contribution is -1.94. The second kappa shape index (κ2) is 4.41. The molecule has 0 N–H and O–H groups in total. The first kappa shape index (κ1) is 9.46. The Hall–Kier alpha value is -1.63. The van der Waals surface area contributed by atoms with Crippen LogP contribution in [0.25, 0.3) is 5.57 Å². The molecule has 0 aromatic heterocycles. The number of carbonyl (C=O) groups is 1. The third-order valence-electron chi connectivity index (χ3n) is 1.75. The molecule has 1 nitrogen and oxygen atoms in total. The number of benzene rings is 1. The molecule has 0 unspecified atom stereocenters. The topological polar surface area (TPSA) is 17.1 Å². The molecule has 66 valence electrons. The van der Waals surface area contributed by atoms with Gasteiger partial charge in [0.05, 0.1) is 0 Å². The van der Waals surface area contributed by atoms with Crippen molar-refractivity contribution in [3.63, 3.8) is 0 Å². The van der Waals surface area contributed by atoms with Crippen LogP contribution < -0.4 is 0 Å². The van der Waals surface area contributed by atoms with E-state index in [1.54, 1.807) is 19.1 Å². The van der Waals surface area contributed by atoms with Crippen LogP contribution in [0.1, 0.15) is 12.5 Å². The summed E-state index contributed by atoms with van der Waals surface area (Å²) in [5, 5.41) is 0. The number of allylic oxidation sites excluding steroid dienone is 3. The smallest absolute Gasteiger partial charge is 0.160 e. The molecule has 0 spiro atoms. The second-order valence-electron chi connectivity index (χ2n) is 2.74. The molecule has 1 rings (SSSR count). The lowest BCUT2D eigenvalue weighted by atomic mass is 10.0. The number of ketones is 1. The average molecular weight is 172 g/mol. The number of hydrogen-bond acceptors (Lipinski definition) is 1. The zero-order valence-corrected chi connectivity index (χ0v) is 7.66. The number of Topliss-reactive ketones (excluding diaryl/α,β-unsaturated/α-hetero) is 1. The number of rotatable bonds is 3. The highest BCUT2D eigenvalue weighted by Crippen LogP contribution is 2.14. The predicted molar refractivity (Wildman–Crippen MR) is 55.3 cm³/mol. The SMILES string of the molecule is C=C/C=C(\C(C)=O)c1ccccc1. The van der Waals surface area contributed by atoms with Gasteiger partial charge in [0.1, 0.15) is 0 Å². The summed E-state index contributed by atoms with van der Waals surface area (Å²) in [4.78, 5) is 11.2. The minimum atomic E-state index is 0.0612. The van der Waals surface area contributed by atoms with Crippen molar-refractivity contribution in [3.05, 3.63) is 54.6 Å². The van der Waals surface area contributed by atoms with Crippen molar-refractivity contribution in [2.75, 3.05) is 0 Å². The first-order chi connectivity index (χ1) is 6.25. The van der Waals surface area contributed by atoms with Crippen LogP contribution in [0.15, 0.2) is 49.1 Å². The van der Waals surface area contributed by atoms with Gasteiger partial charge in [-0.25, -0.2) is 0 Å². The Balaban J connectivity index is 3.10. The summed E-state index contributed by atoms with van der Waals surface area (Å²) in [6.45, 7) is 5.14. The Morgan fingerprint density at radius 1 is 1.31 bits per heavy atom. The average Bonchev–Trinajstić information content (AvgIpc) is 2.15. The van der Waals surface area contributed by atoms with Crippen molar-refractivity contribution < 1.29 is 4.79 Å².